The molecule has 1 amide bonds. The predicted molar refractivity (Wildman–Crippen MR) is 106 cm³/mol. The molecule has 144 valence electrons. The van der Waals surface area contributed by atoms with E-state index in [9.17, 15) is 13.2 Å². The fourth-order valence-electron chi connectivity index (χ4n) is 3.42. The van der Waals surface area contributed by atoms with Crippen LogP contribution in [0.5, 0.6) is 0 Å². The smallest absolute Gasteiger partial charge is 0.253 e. The summed E-state index contributed by atoms with van der Waals surface area (Å²) in [6.45, 7) is 5.75. The van der Waals surface area contributed by atoms with Gasteiger partial charge in [0.2, 0.25) is 10.0 Å². The van der Waals surface area contributed by atoms with Crippen LogP contribution < -0.4 is 4.72 Å². The van der Waals surface area contributed by atoms with Gasteiger partial charge in [0.25, 0.3) is 5.91 Å². The zero-order chi connectivity index (χ0) is 19.4. The molecule has 5 nitrogen and oxygen atoms in total. The highest BCUT2D eigenvalue weighted by atomic mass is 32.2. The minimum Gasteiger partial charge on any atom is -0.338 e. The maximum absolute atomic E-state index is 12.8. The van der Waals surface area contributed by atoms with Crippen LogP contribution in [0.2, 0.25) is 0 Å². The van der Waals surface area contributed by atoms with Gasteiger partial charge in [-0.05, 0) is 55.0 Å². The lowest BCUT2D eigenvalue weighted by molar-refractivity contribution is 0.0683. The minimum atomic E-state index is -3.69. The van der Waals surface area contributed by atoms with E-state index in [4.69, 9.17) is 0 Å². The molecule has 1 unspecified atom stereocenters. The molecule has 1 saturated heterocycles. The van der Waals surface area contributed by atoms with Gasteiger partial charge in [0.1, 0.15) is 0 Å². The first-order valence-electron chi connectivity index (χ1n) is 9.30. The van der Waals surface area contributed by atoms with Crippen molar-refractivity contribution in [1.82, 2.24) is 9.62 Å². The van der Waals surface area contributed by atoms with Crippen LogP contribution in [0.3, 0.4) is 0 Å². The summed E-state index contributed by atoms with van der Waals surface area (Å²) in [4.78, 5) is 14.7. The number of benzene rings is 2. The van der Waals surface area contributed by atoms with E-state index < -0.39 is 10.0 Å². The third-order valence-electron chi connectivity index (χ3n) is 5.05. The van der Waals surface area contributed by atoms with Crippen molar-refractivity contribution in [3.8, 4) is 0 Å². The second-order valence-electron chi connectivity index (χ2n) is 7.28. The average Bonchev–Trinajstić information content (AvgIpc) is 2.67. The van der Waals surface area contributed by atoms with Crippen LogP contribution in [0.25, 0.3) is 0 Å². The number of hydrogen-bond acceptors (Lipinski definition) is 3. The SMILES string of the molecule is Cc1ccccc1CNS(=O)(=O)c1cccc(C(=O)N2CCCC(C)C2)c1. The molecule has 1 aliphatic heterocycles. The second-order valence-corrected chi connectivity index (χ2v) is 9.04. The lowest BCUT2D eigenvalue weighted by atomic mass is 9.99. The van der Waals surface area contributed by atoms with E-state index >= 15 is 0 Å². The lowest BCUT2D eigenvalue weighted by Gasteiger charge is -2.31. The molecule has 27 heavy (non-hydrogen) atoms. The fraction of sp³-hybridized carbons (Fsp3) is 0.381. The van der Waals surface area contributed by atoms with Gasteiger partial charge < -0.3 is 4.90 Å². The quantitative estimate of drug-likeness (QED) is 0.857. The van der Waals surface area contributed by atoms with Gasteiger partial charge in [-0.25, -0.2) is 13.1 Å². The standard InChI is InChI=1S/C21H26N2O3S/c1-16-7-6-12-23(15-16)21(24)18-10-5-11-20(13-18)27(25,26)22-14-19-9-4-3-8-17(19)2/h3-5,8-11,13,16,22H,6-7,12,14-15H2,1-2H3. The van der Waals surface area contributed by atoms with Crippen LogP contribution in [-0.2, 0) is 16.6 Å². The zero-order valence-electron chi connectivity index (χ0n) is 15.8. The monoisotopic (exact) mass is 386 g/mol. The van der Waals surface area contributed by atoms with Gasteiger partial charge in [-0.2, -0.15) is 0 Å². The van der Waals surface area contributed by atoms with E-state index in [2.05, 4.69) is 11.6 Å². The van der Waals surface area contributed by atoms with Crippen molar-refractivity contribution >= 4 is 15.9 Å². The second kappa shape index (κ2) is 8.23. The molecule has 2 aromatic rings. The first-order chi connectivity index (χ1) is 12.9. The average molecular weight is 387 g/mol. The Kier molecular flexibility index (Phi) is 5.97. The van der Waals surface area contributed by atoms with Crippen LogP contribution in [0.4, 0.5) is 0 Å². The van der Waals surface area contributed by atoms with Crippen molar-refractivity contribution in [2.75, 3.05) is 13.1 Å². The number of amides is 1. The number of nitrogens with one attached hydrogen (secondary N) is 1. The number of piperidine rings is 1. The Morgan fingerprint density at radius 3 is 2.70 bits per heavy atom. The van der Waals surface area contributed by atoms with Crippen molar-refractivity contribution < 1.29 is 13.2 Å². The Bertz CT molecular complexity index is 925. The lowest BCUT2D eigenvalue weighted by Crippen LogP contribution is -2.39. The molecule has 0 aliphatic carbocycles. The molecule has 0 bridgehead atoms. The van der Waals surface area contributed by atoms with Gasteiger partial charge in [0.15, 0.2) is 0 Å². The highest BCUT2D eigenvalue weighted by molar-refractivity contribution is 7.89. The van der Waals surface area contributed by atoms with Gasteiger partial charge in [-0.1, -0.05) is 37.3 Å². The third-order valence-corrected chi connectivity index (χ3v) is 6.45. The molecule has 1 aliphatic rings. The number of carbonyl (C=O) groups excluding carboxylic acids is 1. The van der Waals surface area contributed by atoms with Gasteiger partial charge >= 0.3 is 0 Å². The van der Waals surface area contributed by atoms with Crippen LogP contribution in [0.15, 0.2) is 53.4 Å². The van der Waals surface area contributed by atoms with Crippen molar-refractivity contribution in [3.63, 3.8) is 0 Å². The van der Waals surface area contributed by atoms with Gasteiger partial charge in [0.05, 0.1) is 4.90 Å². The first-order valence-corrected chi connectivity index (χ1v) is 10.8. The molecule has 0 radical (unpaired) electrons. The summed E-state index contributed by atoms with van der Waals surface area (Å²) >= 11 is 0. The van der Waals surface area contributed by atoms with Crippen molar-refractivity contribution in [3.05, 3.63) is 65.2 Å². The molecule has 1 fully saturated rings. The van der Waals surface area contributed by atoms with E-state index in [0.717, 1.165) is 37.1 Å². The Morgan fingerprint density at radius 1 is 1.19 bits per heavy atom. The Morgan fingerprint density at radius 2 is 1.96 bits per heavy atom. The zero-order valence-corrected chi connectivity index (χ0v) is 16.6. The summed E-state index contributed by atoms with van der Waals surface area (Å²) in [5, 5.41) is 0. The summed E-state index contributed by atoms with van der Waals surface area (Å²) < 4.78 is 28.0. The Labute approximate surface area is 161 Å². The molecule has 1 heterocycles. The maximum atomic E-state index is 12.8. The summed E-state index contributed by atoms with van der Waals surface area (Å²) in [6.07, 6.45) is 2.11. The number of rotatable bonds is 5. The topological polar surface area (TPSA) is 66.5 Å². The van der Waals surface area contributed by atoms with Gasteiger partial charge in [-0.3, -0.25) is 4.79 Å². The van der Waals surface area contributed by atoms with E-state index in [1.54, 1.807) is 12.1 Å². The molecule has 6 heteroatoms. The number of carbonyl (C=O) groups is 1. The Hall–Kier alpha value is -2.18. The third kappa shape index (κ3) is 4.76. The van der Waals surface area contributed by atoms with Gasteiger partial charge in [-0.15, -0.1) is 0 Å². The molecule has 0 spiro atoms. The Balaban J connectivity index is 1.75. The number of nitrogens with zero attached hydrogens (tertiary/aromatic N) is 1. The molecule has 2 aromatic carbocycles. The summed E-state index contributed by atoms with van der Waals surface area (Å²) in [7, 11) is -3.69. The molecule has 0 saturated carbocycles. The number of aryl methyl sites for hydroxylation is 1. The first kappa shape index (κ1) is 19.6. The van der Waals surface area contributed by atoms with Crippen LogP contribution in [0, 0.1) is 12.8 Å². The molecule has 1 N–H and O–H groups in total. The van der Waals surface area contributed by atoms with E-state index in [1.165, 1.54) is 12.1 Å². The number of sulfonamides is 1. The molecule has 1 atom stereocenters. The largest absolute Gasteiger partial charge is 0.338 e. The molecule has 0 aromatic heterocycles. The van der Waals surface area contributed by atoms with E-state index in [-0.39, 0.29) is 17.3 Å². The van der Waals surface area contributed by atoms with Crippen molar-refractivity contribution in [2.24, 2.45) is 5.92 Å². The number of likely N-dealkylation sites (tertiary alicyclic amines) is 1. The van der Waals surface area contributed by atoms with E-state index in [0.29, 0.717) is 11.5 Å². The highest BCUT2D eigenvalue weighted by Crippen LogP contribution is 2.20. The van der Waals surface area contributed by atoms with Crippen molar-refractivity contribution in [1.29, 1.82) is 0 Å². The number of hydrogen-bond donors (Lipinski definition) is 1. The van der Waals surface area contributed by atoms with Crippen LogP contribution in [0.1, 0.15) is 41.3 Å². The highest BCUT2D eigenvalue weighted by Gasteiger charge is 2.23. The molecular weight excluding hydrogens is 360 g/mol. The molecule has 3 rings (SSSR count). The minimum absolute atomic E-state index is 0.0995. The van der Waals surface area contributed by atoms with Gasteiger partial charge in [0, 0.05) is 25.2 Å². The summed E-state index contributed by atoms with van der Waals surface area (Å²) in [6, 6.07) is 14.0. The fourth-order valence-corrected chi connectivity index (χ4v) is 4.47. The maximum Gasteiger partial charge on any atom is 0.253 e. The van der Waals surface area contributed by atoms with Crippen LogP contribution >= 0.6 is 0 Å². The summed E-state index contributed by atoms with van der Waals surface area (Å²) in [5.41, 5.74) is 2.38. The van der Waals surface area contributed by atoms with Crippen molar-refractivity contribution in [2.45, 2.75) is 38.1 Å². The molecular formula is C21H26N2O3S. The predicted octanol–water partition coefficient (Wildman–Crippen LogP) is 3.35. The van der Waals surface area contributed by atoms with Crippen LogP contribution in [-0.4, -0.2) is 32.3 Å². The summed E-state index contributed by atoms with van der Waals surface area (Å²) in [5.74, 6) is 0.378. The normalized spacial score (nSPS) is 17.7. The van der Waals surface area contributed by atoms with E-state index in [1.807, 2.05) is 36.1 Å².